The summed E-state index contributed by atoms with van der Waals surface area (Å²) in [6.07, 6.45) is 1.51. The van der Waals surface area contributed by atoms with Gasteiger partial charge in [-0.25, -0.2) is 4.39 Å². The van der Waals surface area contributed by atoms with Gasteiger partial charge in [-0.3, -0.25) is 9.69 Å². The van der Waals surface area contributed by atoms with Gasteiger partial charge in [0.1, 0.15) is 5.82 Å². The summed E-state index contributed by atoms with van der Waals surface area (Å²) in [5, 5.41) is 3.39. The third-order valence-electron chi connectivity index (χ3n) is 5.75. The first-order valence-corrected chi connectivity index (χ1v) is 9.86. The van der Waals surface area contributed by atoms with Crippen LogP contribution in [0.25, 0.3) is 0 Å². The van der Waals surface area contributed by atoms with Crippen molar-refractivity contribution in [2.45, 2.75) is 25.0 Å². The molecule has 2 aliphatic heterocycles. The first kappa shape index (κ1) is 19.1. The highest BCUT2D eigenvalue weighted by atomic mass is 19.1. The van der Waals surface area contributed by atoms with Gasteiger partial charge in [0.2, 0.25) is 5.91 Å². The maximum absolute atomic E-state index is 13.5. The third kappa shape index (κ3) is 4.09. The molecular weight excluding hydrogens is 357 g/mol. The second-order valence-corrected chi connectivity index (χ2v) is 7.48. The van der Waals surface area contributed by atoms with Crippen LogP contribution in [0.3, 0.4) is 0 Å². The Morgan fingerprint density at radius 2 is 1.96 bits per heavy atom. The summed E-state index contributed by atoms with van der Waals surface area (Å²) in [6.45, 7) is 4.41. The molecule has 0 aromatic heterocycles. The molecule has 0 spiro atoms. The Labute approximate surface area is 164 Å². The van der Waals surface area contributed by atoms with E-state index in [4.69, 9.17) is 10.5 Å². The van der Waals surface area contributed by atoms with Crippen molar-refractivity contribution in [3.8, 4) is 0 Å². The number of halogens is 1. The maximum atomic E-state index is 13.5. The number of ether oxygens (including phenoxy) is 1. The molecule has 2 unspecified atom stereocenters. The van der Waals surface area contributed by atoms with Gasteiger partial charge >= 0.3 is 0 Å². The van der Waals surface area contributed by atoms with E-state index in [1.807, 2.05) is 24.3 Å². The number of nitrogens with two attached hydrogens (primary N) is 1. The van der Waals surface area contributed by atoms with E-state index in [0.29, 0.717) is 12.2 Å². The SMILES string of the molecule is NC(=O)c1ccc2c(c1)CCOC2CC(c1ccc(F)cc1)N1CCNCC1. The van der Waals surface area contributed by atoms with Gasteiger partial charge in [-0.15, -0.1) is 0 Å². The van der Waals surface area contributed by atoms with Gasteiger partial charge in [0.25, 0.3) is 0 Å². The molecule has 28 heavy (non-hydrogen) atoms. The van der Waals surface area contributed by atoms with E-state index in [1.165, 1.54) is 12.1 Å². The molecule has 0 aliphatic carbocycles. The topological polar surface area (TPSA) is 67.6 Å². The average molecular weight is 383 g/mol. The highest BCUT2D eigenvalue weighted by Crippen LogP contribution is 2.37. The summed E-state index contributed by atoms with van der Waals surface area (Å²) in [5.41, 5.74) is 9.33. The van der Waals surface area contributed by atoms with Crippen LogP contribution in [0.2, 0.25) is 0 Å². The number of carbonyl (C=O) groups excluding carboxylic acids is 1. The second kappa shape index (κ2) is 8.39. The second-order valence-electron chi connectivity index (χ2n) is 7.48. The van der Waals surface area contributed by atoms with Crippen LogP contribution in [0.1, 0.15) is 45.6 Å². The third-order valence-corrected chi connectivity index (χ3v) is 5.75. The summed E-state index contributed by atoms with van der Waals surface area (Å²) in [7, 11) is 0. The van der Waals surface area contributed by atoms with Crippen molar-refractivity contribution in [1.29, 1.82) is 0 Å². The van der Waals surface area contributed by atoms with Crippen LogP contribution in [0.15, 0.2) is 42.5 Å². The molecule has 1 amide bonds. The lowest BCUT2D eigenvalue weighted by atomic mass is 9.89. The number of amides is 1. The Hall–Kier alpha value is -2.28. The van der Waals surface area contributed by atoms with Gasteiger partial charge < -0.3 is 15.8 Å². The van der Waals surface area contributed by atoms with Crippen molar-refractivity contribution < 1.29 is 13.9 Å². The summed E-state index contributed by atoms with van der Waals surface area (Å²) >= 11 is 0. The van der Waals surface area contributed by atoms with Gasteiger partial charge in [0.05, 0.1) is 12.7 Å². The smallest absolute Gasteiger partial charge is 0.248 e. The van der Waals surface area contributed by atoms with Gasteiger partial charge in [-0.1, -0.05) is 18.2 Å². The normalized spacial score (nSPS) is 21.1. The Morgan fingerprint density at radius 1 is 1.21 bits per heavy atom. The number of hydrogen-bond acceptors (Lipinski definition) is 4. The predicted molar refractivity (Wildman–Crippen MR) is 106 cm³/mol. The van der Waals surface area contributed by atoms with Crippen LogP contribution in [0.5, 0.6) is 0 Å². The van der Waals surface area contributed by atoms with Crippen molar-refractivity contribution in [2.24, 2.45) is 5.73 Å². The number of primary amides is 1. The highest BCUT2D eigenvalue weighted by molar-refractivity contribution is 5.93. The number of rotatable bonds is 5. The molecular formula is C22H26FN3O2. The minimum absolute atomic E-state index is 0.0596. The average Bonchev–Trinajstić information content (AvgIpc) is 2.73. The largest absolute Gasteiger partial charge is 0.373 e. The molecule has 2 aromatic carbocycles. The lowest BCUT2D eigenvalue weighted by molar-refractivity contribution is 0.0119. The molecule has 0 radical (unpaired) electrons. The molecule has 4 rings (SSSR count). The molecule has 2 atom stereocenters. The molecule has 2 heterocycles. The molecule has 1 saturated heterocycles. The lowest BCUT2D eigenvalue weighted by Gasteiger charge is -2.38. The molecule has 148 valence electrons. The van der Waals surface area contributed by atoms with E-state index in [2.05, 4.69) is 10.2 Å². The number of hydrogen-bond donors (Lipinski definition) is 2. The van der Waals surface area contributed by atoms with Crippen molar-refractivity contribution in [1.82, 2.24) is 10.2 Å². The van der Waals surface area contributed by atoms with Crippen molar-refractivity contribution in [2.75, 3.05) is 32.8 Å². The molecule has 1 fully saturated rings. The first-order chi connectivity index (χ1) is 13.6. The van der Waals surface area contributed by atoms with Gasteiger partial charge in [0, 0.05) is 37.8 Å². The molecule has 0 saturated carbocycles. The zero-order valence-corrected chi connectivity index (χ0v) is 15.9. The van der Waals surface area contributed by atoms with Gasteiger partial charge in [0.15, 0.2) is 0 Å². The van der Waals surface area contributed by atoms with Crippen LogP contribution in [-0.2, 0) is 11.2 Å². The number of fused-ring (bicyclic) bond motifs is 1. The highest BCUT2D eigenvalue weighted by Gasteiger charge is 2.29. The fourth-order valence-electron chi connectivity index (χ4n) is 4.26. The van der Waals surface area contributed by atoms with E-state index >= 15 is 0 Å². The number of piperazine rings is 1. The number of nitrogens with one attached hydrogen (secondary N) is 1. The number of carbonyl (C=O) groups is 1. The van der Waals surface area contributed by atoms with E-state index in [9.17, 15) is 9.18 Å². The Morgan fingerprint density at radius 3 is 2.68 bits per heavy atom. The number of benzene rings is 2. The van der Waals surface area contributed by atoms with Crippen molar-refractivity contribution in [3.63, 3.8) is 0 Å². The number of nitrogens with zero attached hydrogens (tertiary/aromatic N) is 1. The monoisotopic (exact) mass is 383 g/mol. The minimum Gasteiger partial charge on any atom is -0.373 e. The zero-order valence-electron chi connectivity index (χ0n) is 15.9. The molecule has 3 N–H and O–H groups in total. The van der Waals surface area contributed by atoms with Crippen LogP contribution < -0.4 is 11.1 Å². The lowest BCUT2D eigenvalue weighted by Crippen LogP contribution is -2.45. The van der Waals surface area contributed by atoms with Gasteiger partial charge in [-0.05, 0) is 53.8 Å². The molecule has 2 aromatic rings. The Balaban J connectivity index is 1.62. The first-order valence-electron chi connectivity index (χ1n) is 9.86. The van der Waals surface area contributed by atoms with Crippen molar-refractivity contribution >= 4 is 5.91 Å². The Bertz CT molecular complexity index is 834. The summed E-state index contributed by atoms with van der Waals surface area (Å²) in [5.74, 6) is -0.628. The summed E-state index contributed by atoms with van der Waals surface area (Å²) < 4.78 is 19.6. The predicted octanol–water partition coefficient (Wildman–Crippen LogP) is 2.58. The summed E-state index contributed by atoms with van der Waals surface area (Å²) in [6, 6.07) is 12.6. The van der Waals surface area contributed by atoms with Gasteiger partial charge in [-0.2, -0.15) is 0 Å². The van der Waals surface area contributed by atoms with Crippen LogP contribution in [-0.4, -0.2) is 43.6 Å². The van der Waals surface area contributed by atoms with E-state index < -0.39 is 5.91 Å². The molecule has 0 bridgehead atoms. The van der Waals surface area contributed by atoms with Crippen LogP contribution in [0, 0.1) is 5.82 Å². The fourth-order valence-corrected chi connectivity index (χ4v) is 4.26. The van der Waals surface area contributed by atoms with Crippen LogP contribution >= 0.6 is 0 Å². The maximum Gasteiger partial charge on any atom is 0.248 e. The van der Waals surface area contributed by atoms with Crippen LogP contribution in [0.4, 0.5) is 4.39 Å². The molecule has 6 heteroatoms. The zero-order chi connectivity index (χ0) is 19.5. The van der Waals surface area contributed by atoms with Crippen molar-refractivity contribution in [3.05, 3.63) is 70.5 Å². The standard InChI is InChI=1S/C22H26FN3O2/c23-18-4-1-15(2-5-18)20(26-10-8-25-9-11-26)14-21-19-6-3-17(22(24)27)13-16(19)7-12-28-21/h1-6,13,20-21,25H,7-12,14H2,(H2,24,27). The minimum atomic E-state index is -0.407. The molecule has 5 nitrogen and oxygen atoms in total. The Kier molecular flexibility index (Phi) is 5.71. The van der Waals surface area contributed by atoms with E-state index in [1.54, 1.807) is 6.07 Å². The fraction of sp³-hybridized carbons (Fsp3) is 0.409. The summed E-state index contributed by atoms with van der Waals surface area (Å²) in [4.78, 5) is 14.0. The van der Waals surface area contributed by atoms with E-state index in [-0.39, 0.29) is 18.0 Å². The molecule has 2 aliphatic rings. The van der Waals surface area contributed by atoms with E-state index in [0.717, 1.165) is 55.7 Å². The quantitative estimate of drug-likeness (QED) is 0.833.